The molecule has 194 valence electrons. The number of ether oxygens (including phenoxy) is 1. The molecular weight excluding hydrogens is 476 g/mol. The van der Waals surface area contributed by atoms with Crippen molar-refractivity contribution in [2.45, 2.75) is 51.2 Å². The molecule has 1 fully saturated rings. The lowest BCUT2D eigenvalue weighted by atomic mass is 9.71. The fourth-order valence-corrected chi connectivity index (χ4v) is 4.88. The van der Waals surface area contributed by atoms with Crippen molar-refractivity contribution in [1.82, 2.24) is 14.7 Å². The second kappa shape index (κ2) is 9.82. The van der Waals surface area contributed by atoms with Crippen molar-refractivity contribution in [2.24, 2.45) is 5.73 Å². The summed E-state index contributed by atoms with van der Waals surface area (Å²) in [5, 5.41) is 3.13. The summed E-state index contributed by atoms with van der Waals surface area (Å²) in [5.41, 5.74) is 10.8. The van der Waals surface area contributed by atoms with Crippen LogP contribution in [0.3, 0.4) is 0 Å². The predicted octanol–water partition coefficient (Wildman–Crippen LogP) is 6.07. The standard InChI is InChI=1S/C31H32N4O3/c1-30(2,3)38-29(37)34-31(17-7-18-31)24-13-11-22(12-14-24)27-28(23-8-5-4-6-9-23)35-19-16-21(10-15-25(32)36)20-26(35)33-27/h4-6,8-16,19-20H,7,17-18H2,1-3H3,(H2,32,36)(H,34,37). The van der Waals surface area contributed by atoms with Gasteiger partial charge in [0, 0.05) is 23.4 Å². The number of aromatic nitrogens is 2. The number of hydrogen-bond acceptors (Lipinski definition) is 4. The van der Waals surface area contributed by atoms with Crippen LogP contribution >= 0.6 is 0 Å². The molecule has 2 heterocycles. The Bertz CT molecular complexity index is 1510. The van der Waals surface area contributed by atoms with Crippen LogP contribution in [-0.4, -0.2) is 27.0 Å². The molecule has 0 aliphatic heterocycles. The van der Waals surface area contributed by atoms with Gasteiger partial charge in [-0.2, -0.15) is 0 Å². The number of pyridine rings is 1. The molecule has 1 saturated carbocycles. The van der Waals surface area contributed by atoms with Gasteiger partial charge < -0.3 is 15.8 Å². The van der Waals surface area contributed by atoms with Crippen molar-refractivity contribution in [3.63, 3.8) is 0 Å². The van der Waals surface area contributed by atoms with Crippen molar-refractivity contribution < 1.29 is 14.3 Å². The Kier molecular flexibility index (Phi) is 6.53. The van der Waals surface area contributed by atoms with Gasteiger partial charge in [0.2, 0.25) is 5.91 Å². The summed E-state index contributed by atoms with van der Waals surface area (Å²) in [4.78, 5) is 28.7. The van der Waals surface area contributed by atoms with Gasteiger partial charge in [-0.15, -0.1) is 0 Å². The number of hydrogen-bond donors (Lipinski definition) is 2. The van der Waals surface area contributed by atoms with Crippen LogP contribution in [0.1, 0.15) is 51.2 Å². The maximum Gasteiger partial charge on any atom is 0.408 e. The maximum atomic E-state index is 12.6. The first-order chi connectivity index (χ1) is 18.1. The Morgan fingerprint density at radius 1 is 1.03 bits per heavy atom. The van der Waals surface area contributed by atoms with Gasteiger partial charge in [-0.05, 0) is 69.4 Å². The number of rotatable bonds is 6. The molecule has 1 aliphatic rings. The summed E-state index contributed by atoms with van der Waals surface area (Å²) in [5.74, 6) is -0.496. The number of nitrogens with two attached hydrogens (primary N) is 1. The van der Waals surface area contributed by atoms with E-state index in [0.717, 1.165) is 58.6 Å². The van der Waals surface area contributed by atoms with Crippen LogP contribution < -0.4 is 11.1 Å². The molecule has 1 aliphatic carbocycles. The van der Waals surface area contributed by atoms with E-state index in [2.05, 4.69) is 46.1 Å². The number of nitrogens with one attached hydrogen (secondary N) is 1. The van der Waals surface area contributed by atoms with Crippen molar-refractivity contribution in [3.05, 3.63) is 90.1 Å². The Balaban J connectivity index is 1.52. The first kappa shape index (κ1) is 25.3. The second-order valence-corrected chi connectivity index (χ2v) is 10.7. The van der Waals surface area contributed by atoms with Crippen LogP contribution in [-0.2, 0) is 15.1 Å². The molecule has 0 unspecified atom stereocenters. The smallest absolute Gasteiger partial charge is 0.408 e. The number of imidazole rings is 1. The summed E-state index contributed by atoms with van der Waals surface area (Å²) in [6.07, 6.45) is 7.38. The van der Waals surface area contributed by atoms with Crippen LogP contribution in [0.2, 0.25) is 0 Å². The molecule has 0 spiro atoms. The van der Waals surface area contributed by atoms with Gasteiger partial charge in [-0.1, -0.05) is 54.6 Å². The van der Waals surface area contributed by atoms with Crippen molar-refractivity contribution in [2.75, 3.05) is 0 Å². The normalized spacial score (nSPS) is 14.8. The molecule has 5 rings (SSSR count). The van der Waals surface area contributed by atoms with Crippen molar-refractivity contribution >= 4 is 23.7 Å². The van der Waals surface area contributed by atoms with Crippen molar-refractivity contribution in [1.29, 1.82) is 0 Å². The van der Waals surface area contributed by atoms with Gasteiger partial charge in [0.15, 0.2) is 0 Å². The minimum Gasteiger partial charge on any atom is -0.444 e. The molecular formula is C31H32N4O3. The molecule has 2 amide bonds. The van der Waals surface area contributed by atoms with E-state index in [-0.39, 0.29) is 0 Å². The molecule has 7 heteroatoms. The van der Waals surface area contributed by atoms with Crippen LogP contribution in [0.5, 0.6) is 0 Å². The molecule has 0 atom stereocenters. The van der Waals surface area contributed by atoms with Crippen LogP contribution in [0, 0.1) is 0 Å². The lowest BCUT2D eigenvalue weighted by Crippen LogP contribution is -2.52. The maximum absolute atomic E-state index is 12.6. The zero-order valence-corrected chi connectivity index (χ0v) is 21.9. The van der Waals surface area contributed by atoms with E-state index in [1.807, 2.05) is 57.3 Å². The van der Waals surface area contributed by atoms with Crippen LogP contribution in [0.25, 0.3) is 34.2 Å². The topological polar surface area (TPSA) is 98.7 Å². The number of primary amides is 1. The second-order valence-electron chi connectivity index (χ2n) is 10.7. The molecule has 0 bridgehead atoms. The fraction of sp³-hybridized carbons (Fsp3) is 0.258. The highest BCUT2D eigenvalue weighted by molar-refractivity contribution is 5.90. The summed E-state index contributed by atoms with van der Waals surface area (Å²) in [6.45, 7) is 5.60. The van der Waals surface area contributed by atoms with Gasteiger partial charge in [0.25, 0.3) is 0 Å². The zero-order valence-electron chi connectivity index (χ0n) is 21.9. The van der Waals surface area contributed by atoms with E-state index in [9.17, 15) is 9.59 Å². The molecule has 3 N–H and O–H groups in total. The summed E-state index contributed by atoms with van der Waals surface area (Å²) < 4.78 is 7.58. The number of alkyl carbamates (subject to hydrolysis) is 1. The number of nitrogens with zero attached hydrogens (tertiary/aromatic N) is 2. The van der Waals surface area contributed by atoms with Gasteiger partial charge >= 0.3 is 6.09 Å². The van der Waals surface area contributed by atoms with Gasteiger partial charge in [0.1, 0.15) is 11.2 Å². The number of carbonyl (C=O) groups is 2. The number of amides is 2. The van der Waals surface area contributed by atoms with E-state index < -0.39 is 23.1 Å². The predicted molar refractivity (Wildman–Crippen MR) is 149 cm³/mol. The quantitative estimate of drug-likeness (QED) is 0.309. The minimum atomic E-state index is -0.550. The molecule has 2 aromatic heterocycles. The SMILES string of the molecule is CC(C)(C)OC(=O)NC1(c2ccc(-c3nc4cc(C=CC(N)=O)ccn4c3-c3ccccc3)cc2)CCC1. The third kappa shape index (κ3) is 5.18. The first-order valence-corrected chi connectivity index (χ1v) is 12.8. The Morgan fingerprint density at radius 3 is 2.34 bits per heavy atom. The van der Waals surface area contributed by atoms with E-state index >= 15 is 0 Å². The highest BCUT2D eigenvalue weighted by Gasteiger charge is 2.41. The molecule has 0 radical (unpaired) electrons. The van der Waals surface area contributed by atoms with E-state index in [4.69, 9.17) is 15.5 Å². The Labute approximate surface area is 222 Å². The number of carbonyl (C=O) groups excluding carboxylic acids is 2. The molecule has 38 heavy (non-hydrogen) atoms. The number of benzene rings is 2. The zero-order chi connectivity index (χ0) is 26.9. The average Bonchev–Trinajstić information content (AvgIpc) is 3.23. The Morgan fingerprint density at radius 2 is 1.74 bits per heavy atom. The highest BCUT2D eigenvalue weighted by Crippen LogP contribution is 2.42. The minimum absolute atomic E-state index is 0.394. The summed E-state index contributed by atoms with van der Waals surface area (Å²) in [6, 6.07) is 22.3. The molecule has 0 saturated heterocycles. The van der Waals surface area contributed by atoms with Gasteiger partial charge in [-0.25, -0.2) is 9.78 Å². The van der Waals surface area contributed by atoms with Gasteiger partial charge in [0.05, 0.1) is 16.9 Å². The number of fused-ring (bicyclic) bond motifs is 1. The van der Waals surface area contributed by atoms with E-state index in [1.165, 1.54) is 6.08 Å². The monoisotopic (exact) mass is 508 g/mol. The summed E-state index contributed by atoms with van der Waals surface area (Å²) in [7, 11) is 0. The summed E-state index contributed by atoms with van der Waals surface area (Å²) >= 11 is 0. The Hall–Kier alpha value is -4.39. The lowest BCUT2D eigenvalue weighted by molar-refractivity contribution is -0.113. The largest absolute Gasteiger partial charge is 0.444 e. The first-order valence-electron chi connectivity index (χ1n) is 12.8. The molecule has 2 aromatic carbocycles. The third-order valence-electron chi connectivity index (χ3n) is 6.80. The molecule has 7 nitrogen and oxygen atoms in total. The fourth-order valence-electron chi connectivity index (χ4n) is 4.88. The van der Waals surface area contributed by atoms with Crippen LogP contribution in [0.15, 0.2) is 79.0 Å². The average molecular weight is 509 g/mol. The lowest BCUT2D eigenvalue weighted by Gasteiger charge is -2.43. The van der Waals surface area contributed by atoms with Gasteiger partial charge in [-0.3, -0.25) is 9.20 Å². The van der Waals surface area contributed by atoms with Crippen LogP contribution in [0.4, 0.5) is 4.79 Å². The van der Waals surface area contributed by atoms with E-state index in [0.29, 0.717) is 0 Å². The third-order valence-corrected chi connectivity index (χ3v) is 6.80. The highest BCUT2D eigenvalue weighted by atomic mass is 16.6. The molecule has 4 aromatic rings. The van der Waals surface area contributed by atoms with Crippen molar-refractivity contribution in [3.8, 4) is 22.5 Å². The van der Waals surface area contributed by atoms with E-state index in [1.54, 1.807) is 6.08 Å².